The van der Waals surface area contributed by atoms with E-state index in [0.717, 1.165) is 19.4 Å². The Kier molecular flexibility index (Phi) is 5.20. The molecular formula is C16H21NO4. The van der Waals surface area contributed by atoms with Crippen molar-refractivity contribution >= 4 is 11.9 Å². The number of aliphatic carboxylic acids is 1. The topological polar surface area (TPSA) is 66.8 Å². The molecule has 1 aliphatic heterocycles. The third-order valence-electron chi connectivity index (χ3n) is 3.91. The summed E-state index contributed by atoms with van der Waals surface area (Å²) >= 11 is 0. The molecule has 114 valence electrons. The standard InChI is InChI=1S/C16H21NO4/c1-21-14-7-3-2-6-13(14)16(20)17-10-4-5-12(11-17)8-9-15(18)19/h2-3,6-7,12H,4-5,8-11H2,1H3,(H,18,19)/t12-/m1/s1. The number of para-hydroxylation sites is 1. The van der Waals surface area contributed by atoms with E-state index < -0.39 is 5.97 Å². The average molecular weight is 291 g/mol. The maximum atomic E-state index is 12.6. The highest BCUT2D eigenvalue weighted by Crippen LogP contribution is 2.25. The first-order valence-corrected chi connectivity index (χ1v) is 7.26. The van der Waals surface area contributed by atoms with Crippen LogP contribution in [0.2, 0.25) is 0 Å². The van der Waals surface area contributed by atoms with Crippen LogP contribution in [0.15, 0.2) is 24.3 Å². The normalized spacial score (nSPS) is 18.3. The second-order valence-corrected chi connectivity index (χ2v) is 5.39. The highest BCUT2D eigenvalue weighted by Gasteiger charge is 2.26. The lowest BCUT2D eigenvalue weighted by Crippen LogP contribution is -2.40. The largest absolute Gasteiger partial charge is 0.496 e. The molecule has 1 aromatic rings. The number of carbonyl (C=O) groups excluding carboxylic acids is 1. The molecule has 0 bridgehead atoms. The molecule has 0 spiro atoms. The Morgan fingerprint density at radius 1 is 1.38 bits per heavy atom. The minimum absolute atomic E-state index is 0.0347. The zero-order chi connectivity index (χ0) is 15.2. The van der Waals surface area contributed by atoms with Crippen LogP contribution in [0.1, 0.15) is 36.0 Å². The van der Waals surface area contributed by atoms with E-state index in [0.29, 0.717) is 24.3 Å². The van der Waals surface area contributed by atoms with Crippen molar-refractivity contribution in [1.29, 1.82) is 0 Å². The lowest BCUT2D eigenvalue weighted by molar-refractivity contribution is -0.137. The molecular weight excluding hydrogens is 270 g/mol. The first-order chi connectivity index (χ1) is 10.1. The lowest BCUT2D eigenvalue weighted by Gasteiger charge is -2.33. The van der Waals surface area contributed by atoms with E-state index in [1.807, 2.05) is 17.0 Å². The van der Waals surface area contributed by atoms with E-state index in [1.54, 1.807) is 19.2 Å². The van der Waals surface area contributed by atoms with Crippen LogP contribution in [0.4, 0.5) is 0 Å². The molecule has 0 aromatic heterocycles. The average Bonchev–Trinajstić information content (AvgIpc) is 2.52. The van der Waals surface area contributed by atoms with Crippen LogP contribution in [-0.2, 0) is 4.79 Å². The first-order valence-electron chi connectivity index (χ1n) is 7.26. The Labute approximate surface area is 124 Å². The molecule has 0 aliphatic carbocycles. The van der Waals surface area contributed by atoms with Crippen molar-refractivity contribution in [2.45, 2.75) is 25.7 Å². The van der Waals surface area contributed by atoms with E-state index in [-0.39, 0.29) is 18.2 Å². The van der Waals surface area contributed by atoms with Gasteiger partial charge in [0.2, 0.25) is 0 Å². The van der Waals surface area contributed by atoms with Gasteiger partial charge in [0.05, 0.1) is 12.7 Å². The van der Waals surface area contributed by atoms with Crippen molar-refractivity contribution in [3.63, 3.8) is 0 Å². The number of nitrogens with zero attached hydrogens (tertiary/aromatic N) is 1. The van der Waals surface area contributed by atoms with E-state index in [2.05, 4.69) is 0 Å². The van der Waals surface area contributed by atoms with Gasteiger partial charge < -0.3 is 14.7 Å². The fourth-order valence-electron chi connectivity index (χ4n) is 2.80. The van der Waals surface area contributed by atoms with Gasteiger partial charge in [-0.2, -0.15) is 0 Å². The summed E-state index contributed by atoms with van der Waals surface area (Å²) in [6.07, 6.45) is 2.71. The third kappa shape index (κ3) is 3.97. The number of carboxylic acid groups (broad SMARTS) is 1. The molecule has 0 unspecified atom stereocenters. The zero-order valence-corrected chi connectivity index (χ0v) is 12.2. The summed E-state index contributed by atoms with van der Waals surface area (Å²) in [6, 6.07) is 7.20. The zero-order valence-electron chi connectivity index (χ0n) is 12.2. The summed E-state index contributed by atoms with van der Waals surface area (Å²) in [5.41, 5.74) is 0.568. The Hall–Kier alpha value is -2.04. The lowest BCUT2D eigenvalue weighted by atomic mass is 9.93. The fourth-order valence-corrected chi connectivity index (χ4v) is 2.80. The van der Waals surface area contributed by atoms with Gasteiger partial charge >= 0.3 is 5.97 Å². The summed E-state index contributed by atoms with van der Waals surface area (Å²) < 4.78 is 5.24. The quantitative estimate of drug-likeness (QED) is 0.904. The Balaban J connectivity index is 2.03. The maximum absolute atomic E-state index is 12.6. The number of ether oxygens (including phenoxy) is 1. The summed E-state index contributed by atoms with van der Waals surface area (Å²) in [7, 11) is 1.55. The van der Waals surface area contributed by atoms with Crippen LogP contribution in [0.3, 0.4) is 0 Å². The van der Waals surface area contributed by atoms with Crippen LogP contribution >= 0.6 is 0 Å². The predicted octanol–water partition coefficient (Wildman–Crippen LogP) is 2.41. The van der Waals surface area contributed by atoms with Crippen molar-refractivity contribution in [1.82, 2.24) is 4.90 Å². The molecule has 1 aromatic carbocycles. The number of carboxylic acids is 1. The van der Waals surface area contributed by atoms with E-state index in [4.69, 9.17) is 9.84 Å². The van der Waals surface area contributed by atoms with Gasteiger partial charge in [-0.05, 0) is 37.3 Å². The molecule has 1 N–H and O–H groups in total. The smallest absolute Gasteiger partial charge is 0.303 e. The number of rotatable bonds is 5. The molecule has 21 heavy (non-hydrogen) atoms. The number of carbonyl (C=O) groups is 2. The van der Waals surface area contributed by atoms with Crippen LogP contribution in [0.5, 0.6) is 5.75 Å². The third-order valence-corrected chi connectivity index (χ3v) is 3.91. The van der Waals surface area contributed by atoms with Gasteiger partial charge in [-0.25, -0.2) is 0 Å². The molecule has 1 atom stereocenters. The van der Waals surface area contributed by atoms with Crippen LogP contribution in [-0.4, -0.2) is 42.1 Å². The Bertz CT molecular complexity index is 515. The first kappa shape index (κ1) is 15.4. The predicted molar refractivity (Wildman–Crippen MR) is 78.5 cm³/mol. The van der Waals surface area contributed by atoms with Gasteiger partial charge in [0.25, 0.3) is 5.91 Å². The van der Waals surface area contributed by atoms with Crippen molar-refractivity contribution in [2.24, 2.45) is 5.92 Å². The molecule has 1 amide bonds. The summed E-state index contributed by atoms with van der Waals surface area (Å²) in [5.74, 6) is 0.0410. The van der Waals surface area contributed by atoms with E-state index in [1.165, 1.54) is 0 Å². The number of hydrogen-bond donors (Lipinski definition) is 1. The van der Waals surface area contributed by atoms with Crippen molar-refractivity contribution in [2.75, 3.05) is 20.2 Å². The number of amides is 1. The van der Waals surface area contributed by atoms with Gasteiger partial charge in [-0.3, -0.25) is 9.59 Å². The molecule has 1 fully saturated rings. The highest BCUT2D eigenvalue weighted by molar-refractivity contribution is 5.97. The van der Waals surface area contributed by atoms with Crippen molar-refractivity contribution in [3.05, 3.63) is 29.8 Å². The van der Waals surface area contributed by atoms with Gasteiger partial charge in [0.1, 0.15) is 5.75 Å². The molecule has 1 aliphatic rings. The molecule has 1 saturated heterocycles. The highest BCUT2D eigenvalue weighted by atomic mass is 16.5. The van der Waals surface area contributed by atoms with Gasteiger partial charge in [0, 0.05) is 19.5 Å². The second kappa shape index (κ2) is 7.11. The number of hydrogen-bond acceptors (Lipinski definition) is 3. The molecule has 5 heteroatoms. The number of likely N-dealkylation sites (tertiary alicyclic amines) is 1. The maximum Gasteiger partial charge on any atom is 0.303 e. The molecule has 2 rings (SSSR count). The number of benzene rings is 1. The molecule has 1 heterocycles. The minimum atomic E-state index is -0.775. The molecule has 0 saturated carbocycles. The summed E-state index contributed by atoms with van der Waals surface area (Å²) in [4.78, 5) is 25.1. The van der Waals surface area contributed by atoms with Gasteiger partial charge in [-0.15, -0.1) is 0 Å². The summed E-state index contributed by atoms with van der Waals surface area (Å²) in [5, 5.41) is 8.77. The molecule has 5 nitrogen and oxygen atoms in total. The van der Waals surface area contributed by atoms with Crippen LogP contribution in [0.25, 0.3) is 0 Å². The minimum Gasteiger partial charge on any atom is -0.496 e. The SMILES string of the molecule is COc1ccccc1C(=O)N1CCC[C@H](CCC(=O)O)C1. The van der Waals surface area contributed by atoms with E-state index in [9.17, 15) is 9.59 Å². The summed E-state index contributed by atoms with van der Waals surface area (Å²) in [6.45, 7) is 1.35. The van der Waals surface area contributed by atoms with Crippen molar-refractivity contribution < 1.29 is 19.4 Å². The number of piperidine rings is 1. The van der Waals surface area contributed by atoms with Gasteiger partial charge in [-0.1, -0.05) is 12.1 Å². The van der Waals surface area contributed by atoms with E-state index >= 15 is 0 Å². The van der Waals surface area contributed by atoms with Crippen LogP contribution in [0, 0.1) is 5.92 Å². The molecule has 0 radical (unpaired) electrons. The second-order valence-electron chi connectivity index (χ2n) is 5.39. The Morgan fingerprint density at radius 2 is 2.14 bits per heavy atom. The van der Waals surface area contributed by atoms with Crippen LogP contribution < -0.4 is 4.74 Å². The van der Waals surface area contributed by atoms with Gasteiger partial charge in [0.15, 0.2) is 0 Å². The Morgan fingerprint density at radius 3 is 2.86 bits per heavy atom. The monoisotopic (exact) mass is 291 g/mol. The fraction of sp³-hybridized carbons (Fsp3) is 0.500. The van der Waals surface area contributed by atoms with Crippen molar-refractivity contribution in [3.8, 4) is 5.75 Å². The number of methoxy groups -OCH3 is 1.